The van der Waals surface area contributed by atoms with Crippen LogP contribution < -0.4 is 5.32 Å². The second kappa shape index (κ2) is 5.51. The highest BCUT2D eigenvalue weighted by Gasteiger charge is 2.19. The standard InChI is InChI=1S/C11H10N2O3/c1-2-4-9(11(15)16)13-10(14)8-5-3-6-12-7-8/h1,3,5-7,9H,4H2,(H,13,14)(H,15,16). The van der Waals surface area contributed by atoms with Gasteiger partial charge in [0.15, 0.2) is 0 Å². The third-order valence-corrected chi connectivity index (χ3v) is 1.85. The molecule has 0 aromatic carbocycles. The van der Waals surface area contributed by atoms with Gasteiger partial charge in [-0.2, -0.15) is 0 Å². The fourth-order valence-corrected chi connectivity index (χ4v) is 1.06. The SMILES string of the molecule is C#CCC(NC(=O)c1cccnc1)C(=O)O. The molecular weight excluding hydrogens is 208 g/mol. The molecule has 2 N–H and O–H groups in total. The summed E-state index contributed by atoms with van der Waals surface area (Å²) in [6.07, 6.45) is 7.82. The number of amides is 1. The van der Waals surface area contributed by atoms with Gasteiger partial charge in [-0.05, 0) is 12.1 Å². The molecule has 0 fully saturated rings. The molecule has 1 heterocycles. The summed E-state index contributed by atoms with van der Waals surface area (Å²) in [5.41, 5.74) is 0.297. The maximum Gasteiger partial charge on any atom is 0.327 e. The van der Waals surface area contributed by atoms with Gasteiger partial charge in [-0.1, -0.05) is 0 Å². The first kappa shape index (κ1) is 11.7. The first-order chi connectivity index (χ1) is 7.65. The Kier molecular flexibility index (Phi) is 4.04. The van der Waals surface area contributed by atoms with Gasteiger partial charge in [-0.15, -0.1) is 12.3 Å². The molecule has 0 aliphatic heterocycles. The van der Waals surface area contributed by atoms with Gasteiger partial charge in [-0.3, -0.25) is 9.78 Å². The van der Waals surface area contributed by atoms with Gasteiger partial charge in [0, 0.05) is 18.8 Å². The Hall–Kier alpha value is -2.35. The maximum absolute atomic E-state index is 11.6. The van der Waals surface area contributed by atoms with E-state index in [1.165, 1.54) is 18.5 Å². The molecule has 1 rings (SSSR count). The van der Waals surface area contributed by atoms with Crippen LogP contribution in [0.2, 0.25) is 0 Å². The molecule has 1 unspecified atom stereocenters. The van der Waals surface area contributed by atoms with Crippen LogP contribution in [-0.2, 0) is 4.79 Å². The number of carboxylic acid groups (broad SMARTS) is 1. The molecule has 1 aromatic rings. The van der Waals surface area contributed by atoms with Gasteiger partial charge >= 0.3 is 5.97 Å². The minimum Gasteiger partial charge on any atom is -0.480 e. The van der Waals surface area contributed by atoms with Crippen molar-refractivity contribution in [3.63, 3.8) is 0 Å². The normalized spacial score (nSPS) is 11.2. The first-order valence-electron chi connectivity index (χ1n) is 4.52. The van der Waals surface area contributed by atoms with Crippen molar-refractivity contribution in [1.82, 2.24) is 10.3 Å². The summed E-state index contributed by atoms with van der Waals surface area (Å²) in [5.74, 6) is 0.534. The molecule has 16 heavy (non-hydrogen) atoms. The summed E-state index contributed by atoms with van der Waals surface area (Å²) < 4.78 is 0. The molecule has 0 bridgehead atoms. The Labute approximate surface area is 92.5 Å². The number of nitrogens with zero attached hydrogens (tertiary/aromatic N) is 1. The van der Waals surface area contributed by atoms with Crippen LogP contribution in [0.3, 0.4) is 0 Å². The van der Waals surface area contributed by atoms with Gasteiger partial charge in [0.1, 0.15) is 6.04 Å². The van der Waals surface area contributed by atoms with E-state index in [1.807, 2.05) is 0 Å². The third-order valence-electron chi connectivity index (χ3n) is 1.85. The van der Waals surface area contributed by atoms with Gasteiger partial charge in [-0.25, -0.2) is 4.79 Å². The average molecular weight is 218 g/mol. The summed E-state index contributed by atoms with van der Waals surface area (Å²) >= 11 is 0. The summed E-state index contributed by atoms with van der Waals surface area (Å²) in [5, 5.41) is 11.1. The zero-order valence-electron chi connectivity index (χ0n) is 8.38. The van der Waals surface area contributed by atoms with E-state index in [0.29, 0.717) is 5.56 Å². The molecule has 5 heteroatoms. The number of pyridine rings is 1. The van der Waals surface area contributed by atoms with E-state index in [2.05, 4.69) is 16.2 Å². The number of carboxylic acids is 1. The zero-order chi connectivity index (χ0) is 12.0. The number of aliphatic carboxylic acids is 1. The molecule has 0 saturated heterocycles. The Bertz CT molecular complexity index is 423. The summed E-state index contributed by atoms with van der Waals surface area (Å²) in [6.45, 7) is 0. The van der Waals surface area contributed by atoms with Crippen LogP contribution >= 0.6 is 0 Å². The number of hydrogen-bond donors (Lipinski definition) is 2. The lowest BCUT2D eigenvalue weighted by atomic mass is 10.2. The fraction of sp³-hybridized carbons (Fsp3) is 0.182. The minimum atomic E-state index is -1.16. The van der Waals surface area contributed by atoms with E-state index in [4.69, 9.17) is 11.5 Å². The second-order valence-corrected chi connectivity index (χ2v) is 3.01. The first-order valence-corrected chi connectivity index (χ1v) is 4.52. The second-order valence-electron chi connectivity index (χ2n) is 3.01. The molecule has 1 aromatic heterocycles. The minimum absolute atomic E-state index is 0.0542. The fourth-order valence-electron chi connectivity index (χ4n) is 1.06. The topological polar surface area (TPSA) is 79.3 Å². The van der Waals surface area contributed by atoms with Gasteiger partial charge in [0.05, 0.1) is 5.56 Å². The van der Waals surface area contributed by atoms with Crippen LogP contribution in [0.1, 0.15) is 16.8 Å². The number of aromatic nitrogens is 1. The molecule has 0 spiro atoms. The molecule has 5 nitrogen and oxygen atoms in total. The molecule has 1 atom stereocenters. The molecule has 82 valence electrons. The Morgan fingerprint density at radius 2 is 2.38 bits per heavy atom. The van der Waals surface area contributed by atoms with Crippen molar-refractivity contribution >= 4 is 11.9 Å². The predicted octanol–water partition coefficient (Wildman–Crippen LogP) is 0.288. The predicted molar refractivity (Wildman–Crippen MR) is 56.6 cm³/mol. The van der Waals surface area contributed by atoms with Crippen LogP contribution in [0.25, 0.3) is 0 Å². The van der Waals surface area contributed by atoms with Crippen LogP contribution in [0.5, 0.6) is 0 Å². The Morgan fingerprint density at radius 3 is 2.88 bits per heavy atom. The van der Waals surface area contributed by atoms with Crippen molar-refractivity contribution in [3.8, 4) is 12.3 Å². The van der Waals surface area contributed by atoms with E-state index in [-0.39, 0.29) is 6.42 Å². The van der Waals surface area contributed by atoms with Crippen molar-refractivity contribution in [1.29, 1.82) is 0 Å². The Morgan fingerprint density at radius 1 is 1.62 bits per heavy atom. The van der Waals surface area contributed by atoms with E-state index in [9.17, 15) is 9.59 Å². The Balaban J connectivity index is 2.70. The van der Waals surface area contributed by atoms with Crippen LogP contribution in [0, 0.1) is 12.3 Å². The lowest BCUT2D eigenvalue weighted by molar-refractivity contribution is -0.139. The van der Waals surface area contributed by atoms with E-state index in [1.54, 1.807) is 6.07 Å². The number of rotatable bonds is 4. The lowest BCUT2D eigenvalue weighted by Gasteiger charge is -2.11. The monoisotopic (exact) mass is 218 g/mol. The number of carbonyl (C=O) groups excluding carboxylic acids is 1. The van der Waals surface area contributed by atoms with Crippen molar-refractivity contribution in [2.45, 2.75) is 12.5 Å². The maximum atomic E-state index is 11.6. The average Bonchev–Trinajstić information content (AvgIpc) is 2.29. The van der Waals surface area contributed by atoms with E-state index >= 15 is 0 Å². The number of hydrogen-bond acceptors (Lipinski definition) is 3. The molecule has 0 saturated carbocycles. The van der Waals surface area contributed by atoms with Gasteiger partial charge < -0.3 is 10.4 Å². The van der Waals surface area contributed by atoms with Gasteiger partial charge in [0.25, 0.3) is 5.91 Å². The van der Waals surface area contributed by atoms with E-state index in [0.717, 1.165) is 0 Å². The molecule has 0 radical (unpaired) electrons. The number of terminal acetylenes is 1. The largest absolute Gasteiger partial charge is 0.480 e. The third kappa shape index (κ3) is 3.10. The zero-order valence-corrected chi connectivity index (χ0v) is 8.38. The lowest BCUT2D eigenvalue weighted by Crippen LogP contribution is -2.40. The molecule has 0 aliphatic carbocycles. The summed E-state index contributed by atoms with van der Waals surface area (Å²) in [4.78, 5) is 26.0. The number of nitrogens with one attached hydrogen (secondary N) is 1. The van der Waals surface area contributed by atoms with E-state index < -0.39 is 17.9 Å². The molecule has 0 aliphatic rings. The summed E-state index contributed by atoms with van der Waals surface area (Å²) in [6, 6.07) is 2.06. The number of carbonyl (C=O) groups is 2. The van der Waals surface area contributed by atoms with Crippen LogP contribution in [-0.4, -0.2) is 28.0 Å². The van der Waals surface area contributed by atoms with Gasteiger partial charge in [0.2, 0.25) is 0 Å². The van der Waals surface area contributed by atoms with Crippen LogP contribution in [0.4, 0.5) is 0 Å². The van der Waals surface area contributed by atoms with Crippen molar-refractivity contribution in [2.24, 2.45) is 0 Å². The van der Waals surface area contributed by atoms with Crippen molar-refractivity contribution in [2.75, 3.05) is 0 Å². The summed E-state index contributed by atoms with van der Waals surface area (Å²) in [7, 11) is 0. The smallest absolute Gasteiger partial charge is 0.327 e. The van der Waals surface area contributed by atoms with Crippen LogP contribution in [0.15, 0.2) is 24.5 Å². The van der Waals surface area contributed by atoms with Crippen molar-refractivity contribution < 1.29 is 14.7 Å². The highest BCUT2D eigenvalue weighted by Crippen LogP contribution is 1.98. The highest BCUT2D eigenvalue weighted by molar-refractivity contribution is 5.96. The molecule has 1 amide bonds. The van der Waals surface area contributed by atoms with Crippen molar-refractivity contribution in [3.05, 3.63) is 30.1 Å². The highest BCUT2D eigenvalue weighted by atomic mass is 16.4. The quantitative estimate of drug-likeness (QED) is 0.712. The molecular formula is C11H10N2O3.